The minimum Gasteiger partial charge on any atom is -0.465 e. The quantitative estimate of drug-likeness (QED) is 0.193. The van der Waals surface area contributed by atoms with Gasteiger partial charge in [-0.2, -0.15) is 0 Å². The van der Waals surface area contributed by atoms with E-state index in [-0.39, 0.29) is 6.54 Å². The minimum absolute atomic E-state index is 0.0643. The van der Waals surface area contributed by atoms with Crippen molar-refractivity contribution in [2.24, 2.45) is 5.84 Å². The van der Waals surface area contributed by atoms with Crippen LogP contribution in [-0.4, -0.2) is 43.9 Å². The van der Waals surface area contributed by atoms with Gasteiger partial charge in [0.2, 0.25) is 0 Å². The average molecular weight is 243 g/mol. The number of nitrogens with zero attached hydrogens (tertiary/aromatic N) is 4. The van der Waals surface area contributed by atoms with E-state index in [4.69, 9.17) is 10.9 Å². The summed E-state index contributed by atoms with van der Waals surface area (Å²) in [6.45, 7) is 0.233. The Morgan fingerprint density at radius 3 is 2.88 bits per heavy atom. The second kappa shape index (κ2) is 6.37. The summed E-state index contributed by atoms with van der Waals surface area (Å²) in [5.74, 6) is 5.02. The molecule has 0 saturated heterocycles. The van der Waals surface area contributed by atoms with E-state index in [9.17, 15) is 9.59 Å². The van der Waals surface area contributed by atoms with Crippen LogP contribution >= 0.6 is 0 Å². The predicted molar refractivity (Wildman–Crippen MR) is 54.5 cm³/mol. The first-order chi connectivity index (χ1) is 8.13. The lowest BCUT2D eigenvalue weighted by Gasteiger charge is -2.03. The summed E-state index contributed by atoms with van der Waals surface area (Å²) in [5, 5.41) is 21.3. The zero-order chi connectivity index (χ0) is 12.7. The van der Waals surface area contributed by atoms with Crippen LogP contribution in [0.15, 0.2) is 0 Å². The third-order valence-electron chi connectivity index (χ3n) is 1.91. The van der Waals surface area contributed by atoms with Gasteiger partial charge in [-0.05, 0) is 16.8 Å². The van der Waals surface area contributed by atoms with Crippen LogP contribution in [0.4, 0.5) is 4.79 Å². The third kappa shape index (κ3) is 4.42. The molecule has 0 fully saturated rings. The zero-order valence-electron chi connectivity index (χ0n) is 8.96. The number of carboxylic acid groups (broad SMARTS) is 1. The molecule has 10 nitrogen and oxygen atoms in total. The number of hydrogen-bond acceptors (Lipinski definition) is 6. The van der Waals surface area contributed by atoms with Crippen LogP contribution in [0.2, 0.25) is 0 Å². The van der Waals surface area contributed by atoms with Gasteiger partial charge in [-0.25, -0.2) is 15.3 Å². The highest BCUT2D eigenvalue weighted by Gasteiger charge is 2.09. The maximum Gasteiger partial charge on any atom is 0.404 e. The molecule has 0 aliphatic carbocycles. The number of rotatable bonds is 6. The molecule has 0 unspecified atom stereocenters. The highest BCUT2D eigenvalue weighted by molar-refractivity contribution is 5.74. The largest absolute Gasteiger partial charge is 0.465 e. The summed E-state index contributed by atoms with van der Waals surface area (Å²) < 4.78 is 1.31. The average Bonchev–Trinajstić information content (AvgIpc) is 2.71. The Bertz CT molecular complexity index is 391. The lowest BCUT2D eigenvalue weighted by atomic mass is 10.3. The fourth-order valence-electron chi connectivity index (χ4n) is 1.15. The Labute approximate surface area is 96.1 Å². The Morgan fingerprint density at radius 2 is 2.24 bits per heavy atom. The van der Waals surface area contributed by atoms with Crippen molar-refractivity contribution < 1.29 is 14.7 Å². The van der Waals surface area contributed by atoms with Gasteiger partial charge < -0.3 is 10.4 Å². The molecule has 5 N–H and O–H groups in total. The lowest BCUT2D eigenvalue weighted by Crippen LogP contribution is -2.34. The molecule has 1 aromatic rings. The molecule has 2 amide bonds. The molecular weight excluding hydrogens is 230 g/mol. The molecule has 1 aromatic heterocycles. The number of tetrazole rings is 1. The molecule has 0 saturated carbocycles. The number of hydrazine groups is 1. The van der Waals surface area contributed by atoms with Gasteiger partial charge in [0.1, 0.15) is 6.54 Å². The van der Waals surface area contributed by atoms with Crippen molar-refractivity contribution >= 4 is 12.0 Å². The van der Waals surface area contributed by atoms with Crippen molar-refractivity contribution in [2.75, 3.05) is 6.54 Å². The van der Waals surface area contributed by atoms with Crippen molar-refractivity contribution in [1.82, 2.24) is 30.9 Å². The number of aryl methyl sites for hydroxylation is 1. The highest BCUT2D eigenvalue weighted by atomic mass is 16.4. The number of hydrogen-bond donors (Lipinski definition) is 4. The molecule has 0 atom stereocenters. The molecule has 0 radical (unpaired) electrons. The third-order valence-corrected chi connectivity index (χ3v) is 1.91. The number of nitrogens with two attached hydrogens (primary N) is 1. The van der Waals surface area contributed by atoms with Crippen LogP contribution in [0.5, 0.6) is 0 Å². The van der Waals surface area contributed by atoms with Crippen molar-refractivity contribution in [3.8, 4) is 0 Å². The first-order valence-electron chi connectivity index (χ1n) is 4.84. The van der Waals surface area contributed by atoms with E-state index < -0.39 is 12.0 Å². The van der Waals surface area contributed by atoms with Crippen molar-refractivity contribution in [2.45, 2.75) is 19.4 Å². The number of aromatic nitrogens is 4. The number of nitrogens with one attached hydrogen (secondary N) is 2. The summed E-state index contributed by atoms with van der Waals surface area (Å²) in [6, 6.07) is 0. The van der Waals surface area contributed by atoms with Crippen LogP contribution in [0.1, 0.15) is 12.2 Å². The summed E-state index contributed by atoms with van der Waals surface area (Å²) in [6.07, 6.45) is -0.0747. The lowest BCUT2D eigenvalue weighted by molar-refractivity contribution is -0.122. The second-order valence-corrected chi connectivity index (χ2v) is 3.16. The predicted octanol–water partition coefficient (Wildman–Crippen LogP) is -2.14. The second-order valence-electron chi connectivity index (χ2n) is 3.16. The van der Waals surface area contributed by atoms with E-state index in [1.807, 2.05) is 5.43 Å². The van der Waals surface area contributed by atoms with Gasteiger partial charge in [0.25, 0.3) is 5.91 Å². The van der Waals surface area contributed by atoms with Crippen molar-refractivity contribution in [3.05, 3.63) is 5.82 Å². The first kappa shape index (κ1) is 12.8. The van der Waals surface area contributed by atoms with Gasteiger partial charge in [-0.1, -0.05) is 0 Å². The summed E-state index contributed by atoms with van der Waals surface area (Å²) in [7, 11) is 0. The van der Waals surface area contributed by atoms with Gasteiger partial charge in [-0.15, -0.1) is 5.10 Å². The Kier molecular flexibility index (Phi) is 4.81. The fourth-order valence-corrected chi connectivity index (χ4v) is 1.15. The Hall–Kier alpha value is -2.23. The van der Waals surface area contributed by atoms with Crippen LogP contribution in [-0.2, 0) is 17.8 Å². The van der Waals surface area contributed by atoms with Crippen LogP contribution in [0.3, 0.4) is 0 Å². The van der Waals surface area contributed by atoms with Gasteiger partial charge in [0.05, 0.1) is 0 Å². The van der Waals surface area contributed by atoms with Crippen molar-refractivity contribution in [3.63, 3.8) is 0 Å². The molecule has 1 heterocycles. The molecule has 0 spiro atoms. The molecule has 0 bridgehead atoms. The van der Waals surface area contributed by atoms with Gasteiger partial charge >= 0.3 is 6.09 Å². The van der Waals surface area contributed by atoms with E-state index in [0.717, 1.165) is 0 Å². The standard InChI is InChI=1S/C7H13N7O3/c8-10-6(15)4-14-5(11-12-13-14)2-1-3-9-7(16)17/h9H,1-4,8H2,(H,10,15)(H,16,17). The maximum atomic E-state index is 11.0. The molecule has 1 rings (SSSR count). The molecule has 0 aromatic carbocycles. The number of carbonyl (C=O) groups excluding carboxylic acids is 1. The molecule has 0 aliphatic rings. The Balaban J connectivity index is 2.40. The Morgan fingerprint density at radius 1 is 1.47 bits per heavy atom. The van der Waals surface area contributed by atoms with E-state index in [0.29, 0.717) is 25.2 Å². The van der Waals surface area contributed by atoms with Gasteiger partial charge in [-0.3, -0.25) is 10.2 Å². The first-order valence-corrected chi connectivity index (χ1v) is 4.84. The molecule has 94 valence electrons. The van der Waals surface area contributed by atoms with Crippen molar-refractivity contribution in [1.29, 1.82) is 0 Å². The number of carbonyl (C=O) groups is 2. The minimum atomic E-state index is -1.08. The fraction of sp³-hybridized carbons (Fsp3) is 0.571. The topological polar surface area (TPSA) is 148 Å². The molecule has 17 heavy (non-hydrogen) atoms. The normalized spacial score (nSPS) is 9.94. The van der Waals surface area contributed by atoms with Crippen LogP contribution in [0, 0.1) is 0 Å². The SMILES string of the molecule is NNC(=O)Cn1nnnc1CCCNC(=O)O. The number of amides is 2. The molecule has 0 aliphatic heterocycles. The van der Waals surface area contributed by atoms with Crippen LogP contribution < -0.4 is 16.6 Å². The van der Waals surface area contributed by atoms with E-state index >= 15 is 0 Å². The molecule has 10 heteroatoms. The van der Waals surface area contributed by atoms with Crippen LogP contribution in [0.25, 0.3) is 0 Å². The highest BCUT2D eigenvalue weighted by Crippen LogP contribution is 1.96. The van der Waals surface area contributed by atoms with Gasteiger partial charge in [0, 0.05) is 13.0 Å². The molecular formula is C7H13N7O3. The van der Waals surface area contributed by atoms with E-state index in [2.05, 4.69) is 20.8 Å². The smallest absolute Gasteiger partial charge is 0.404 e. The summed E-state index contributed by atoms with van der Waals surface area (Å²) in [5.41, 5.74) is 1.97. The maximum absolute atomic E-state index is 11.0. The van der Waals surface area contributed by atoms with E-state index in [1.165, 1.54) is 4.68 Å². The van der Waals surface area contributed by atoms with E-state index in [1.54, 1.807) is 0 Å². The monoisotopic (exact) mass is 243 g/mol. The zero-order valence-corrected chi connectivity index (χ0v) is 8.96. The van der Waals surface area contributed by atoms with Gasteiger partial charge in [0.15, 0.2) is 5.82 Å². The summed E-state index contributed by atoms with van der Waals surface area (Å²) >= 11 is 0. The summed E-state index contributed by atoms with van der Waals surface area (Å²) in [4.78, 5) is 21.2.